The summed E-state index contributed by atoms with van der Waals surface area (Å²) in [5, 5.41) is 4.92. The van der Waals surface area contributed by atoms with Crippen molar-refractivity contribution in [2.24, 2.45) is 11.3 Å². The first-order valence-electron chi connectivity index (χ1n) is 19.5. The van der Waals surface area contributed by atoms with E-state index in [4.69, 9.17) is 14.2 Å². The van der Waals surface area contributed by atoms with Gasteiger partial charge in [0.1, 0.15) is 29.8 Å². The molecule has 4 amide bonds. The van der Waals surface area contributed by atoms with E-state index in [1.165, 1.54) is 33.0 Å². The van der Waals surface area contributed by atoms with Gasteiger partial charge < -0.3 is 29.7 Å². The first kappa shape index (κ1) is 44.0. The maximum Gasteiger partial charge on any atom is 0.408 e. The Kier molecular flexibility index (Phi) is 12.0. The molecule has 59 heavy (non-hydrogen) atoms. The van der Waals surface area contributed by atoms with Crippen molar-refractivity contribution >= 4 is 44.9 Å². The van der Waals surface area contributed by atoms with Gasteiger partial charge in [0.05, 0.1) is 34.4 Å². The van der Waals surface area contributed by atoms with Crippen LogP contribution in [0.4, 0.5) is 22.4 Å². The number of halogens is 4. The van der Waals surface area contributed by atoms with E-state index < -0.39 is 123 Å². The number of nitrogens with one attached hydrogen (secondary N) is 3. The molecule has 0 saturated heterocycles. The molecule has 1 unspecified atom stereocenters. The molecular weight excluding hydrogens is 805 g/mol. The Morgan fingerprint density at radius 3 is 2.29 bits per heavy atom. The number of aromatic nitrogens is 2. The van der Waals surface area contributed by atoms with E-state index in [1.807, 2.05) is 4.72 Å². The van der Waals surface area contributed by atoms with Gasteiger partial charge in [0.15, 0.2) is 5.69 Å². The number of alkyl halides is 4. The molecule has 1 aromatic carbocycles. The fraction of sp³-hybridized carbons (Fsp3) is 0.641. The van der Waals surface area contributed by atoms with Gasteiger partial charge in [-0.05, 0) is 76.0 Å². The van der Waals surface area contributed by atoms with Crippen molar-refractivity contribution in [3.63, 3.8) is 0 Å². The van der Waals surface area contributed by atoms with Crippen LogP contribution in [-0.4, -0.2) is 108 Å². The smallest absolute Gasteiger partial charge is 0.408 e. The van der Waals surface area contributed by atoms with E-state index in [-0.39, 0.29) is 30.5 Å². The number of nitrogens with zero attached hydrogens (tertiary/aromatic N) is 3. The van der Waals surface area contributed by atoms with Crippen LogP contribution in [0.25, 0.3) is 11.0 Å². The molecule has 1 aliphatic heterocycles. The Morgan fingerprint density at radius 1 is 1.03 bits per heavy atom. The molecule has 0 bridgehead atoms. The lowest BCUT2D eigenvalue weighted by atomic mass is 9.85. The van der Waals surface area contributed by atoms with Crippen LogP contribution in [0.3, 0.4) is 0 Å². The van der Waals surface area contributed by atoms with Gasteiger partial charge in [0, 0.05) is 13.5 Å². The van der Waals surface area contributed by atoms with Gasteiger partial charge in [-0.1, -0.05) is 39.0 Å². The van der Waals surface area contributed by atoms with Gasteiger partial charge in [0.25, 0.3) is 5.91 Å². The summed E-state index contributed by atoms with van der Waals surface area (Å²) < 4.78 is 105. The molecule has 3 saturated carbocycles. The first-order valence-corrected chi connectivity index (χ1v) is 21.0. The number of hydrogen-bond acceptors (Lipinski definition) is 11. The summed E-state index contributed by atoms with van der Waals surface area (Å²) in [5.41, 5.74) is -3.93. The van der Waals surface area contributed by atoms with Crippen LogP contribution < -0.4 is 20.1 Å². The van der Waals surface area contributed by atoms with Crippen LogP contribution in [0.1, 0.15) is 85.3 Å². The number of amides is 4. The molecule has 20 heteroatoms. The first-order chi connectivity index (χ1) is 27.5. The van der Waals surface area contributed by atoms with Gasteiger partial charge in [-0.3, -0.25) is 19.1 Å². The number of sulfonamides is 1. The van der Waals surface area contributed by atoms with Crippen LogP contribution in [-0.2, 0) is 39.8 Å². The topological polar surface area (TPSA) is 195 Å². The molecule has 15 nitrogen and oxygen atoms in total. The Labute approximate surface area is 339 Å². The van der Waals surface area contributed by atoms with Crippen LogP contribution in [0, 0.1) is 11.3 Å². The normalized spacial score (nSPS) is 30.6. The summed E-state index contributed by atoms with van der Waals surface area (Å²) in [6.45, 7) is 7.45. The largest absolute Gasteiger partial charge is 0.473 e. The maximum absolute atomic E-state index is 16.0. The van der Waals surface area contributed by atoms with E-state index >= 15 is 8.78 Å². The Hall–Kier alpha value is -4.59. The molecular formula is C39H50F4N6O9S. The highest BCUT2D eigenvalue weighted by atomic mass is 32.2. The average molecular weight is 855 g/mol. The van der Waals surface area contributed by atoms with Crippen LogP contribution >= 0.6 is 0 Å². The molecule has 3 fully saturated rings. The minimum absolute atomic E-state index is 0.128. The lowest BCUT2D eigenvalue weighted by Gasteiger charge is -2.37. The Morgan fingerprint density at radius 2 is 1.68 bits per heavy atom. The minimum Gasteiger partial charge on any atom is -0.473 e. The predicted octanol–water partition coefficient (Wildman–Crippen LogP) is 4.49. The van der Waals surface area contributed by atoms with E-state index in [0.717, 1.165) is 11.0 Å². The third-order valence-electron chi connectivity index (χ3n) is 11.5. The second kappa shape index (κ2) is 16.1. The molecule has 3 aliphatic carbocycles. The van der Waals surface area contributed by atoms with Crippen molar-refractivity contribution < 1.29 is 59.4 Å². The van der Waals surface area contributed by atoms with Gasteiger partial charge in [-0.25, -0.2) is 32.0 Å². The molecule has 2 aromatic rings. The van der Waals surface area contributed by atoms with Crippen molar-refractivity contribution in [1.82, 2.24) is 30.2 Å². The van der Waals surface area contributed by atoms with Crippen molar-refractivity contribution in [1.29, 1.82) is 0 Å². The molecule has 0 spiro atoms. The SMILES string of the molecule is C[C@H]1C[C@@H](C(=O)N[C@]2(C(=O)NS(=O)(=O)C3(C)CC3)CC2C(F)F)N(C)C(=O)[C@H](C(C)(C)C)NC(=O)O[C@@H]2CCC[C@H]2OC/C=C/C(F)(F)c2nc3ccccc3nc2O1. The molecule has 7 atom stereocenters. The highest BCUT2D eigenvalue weighted by Gasteiger charge is 2.67. The van der Waals surface area contributed by atoms with Crippen molar-refractivity contribution in [3.8, 4) is 5.88 Å². The average Bonchev–Trinajstić information content (AvgIpc) is 4.04. The lowest BCUT2D eigenvalue weighted by molar-refractivity contribution is -0.144. The highest BCUT2D eigenvalue weighted by Crippen LogP contribution is 2.49. The van der Waals surface area contributed by atoms with E-state index in [0.29, 0.717) is 25.3 Å². The summed E-state index contributed by atoms with van der Waals surface area (Å²) >= 11 is 0. The quantitative estimate of drug-likeness (QED) is 0.274. The number of likely N-dealkylation sites (N-methyl/N-ethyl adjacent to an activating group) is 1. The zero-order valence-electron chi connectivity index (χ0n) is 33.6. The zero-order chi connectivity index (χ0) is 43.3. The summed E-state index contributed by atoms with van der Waals surface area (Å²) in [6, 6.07) is 3.17. The summed E-state index contributed by atoms with van der Waals surface area (Å²) in [6.07, 6.45) is -4.31. The maximum atomic E-state index is 16.0. The van der Waals surface area contributed by atoms with Gasteiger partial charge >= 0.3 is 12.0 Å². The number of carbonyl (C=O) groups is 4. The number of carbonyl (C=O) groups excluding carboxylic acids is 4. The van der Waals surface area contributed by atoms with Crippen molar-refractivity contribution in [3.05, 3.63) is 42.1 Å². The number of allylic oxidation sites excluding steroid dienone is 1. The second-order valence-corrected chi connectivity index (χ2v) is 19.4. The molecule has 6 rings (SSSR count). The van der Waals surface area contributed by atoms with Gasteiger partial charge in [-0.15, -0.1) is 0 Å². The van der Waals surface area contributed by atoms with Crippen molar-refractivity contribution in [2.75, 3.05) is 13.7 Å². The predicted molar refractivity (Wildman–Crippen MR) is 204 cm³/mol. The number of alkyl carbamates (subject to hydrolysis) is 1. The van der Waals surface area contributed by atoms with Crippen LogP contribution in [0.5, 0.6) is 5.88 Å². The fourth-order valence-corrected chi connectivity index (χ4v) is 8.69. The number of fused-ring (bicyclic) bond motifs is 3. The van der Waals surface area contributed by atoms with Crippen LogP contribution in [0.15, 0.2) is 36.4 Å². The van der Waals surface area contributed by atoms with E-state index in [1.54, 1.807) is 32.9 Å². The number of benzene rings is 1. The second-order valence-electron chi connectivity index (χ2n) is 17.2. The standard InChI is InChI=1S/C39H50F4N6O9S/c1-21-19-25(31(50)47-38(20-22(38)30(40)41)34(52)48-59(54,55)37(5)16-17-37)49(6)33(51)29(36(2,3)4)46-35(53)58-27-14-9-13-26(27)56-18-10-15-39(42,43)28-32(57-21)45-24-12-8-7-11-23(24)44-28/h7-8,10-12,15,21-22,25-27,29-30H,9,13-14,16-20H2,1-6H3,(H,46,53)(H,47,50)(H,48,52)/b15-10+/t21-,22?,25-,26+,27+,29+,38+/m0/s1. The molecule has 1 aromatic heterocycles. The molecule has 3 N–H and O–H groups in total. The lowest BCUT2D eigenvalue weighted by Crippen LogP contribution is -2.61. The summed E-state index contributed by atoms with van der Waals surface area (Å²) in [7, 11) is -3.11. The molecule has 2 heterocycles. The third-order valence-corrected chi connectivity index (χ3v) is 13.7. The Bertz CT molecular complexity index is 2110. The number of para-hydroxylation sites is 2. The van der Waals surface area contributed by atoms with E-state index in [2.05, 4.69) is 20.6 Å². The fourth-order valence-electron chi connectivity index (χ4n) is 7.38. The number of hydrogen-bond donors (Lipinski definition) is 3. The summed E-state index contributed by atoms with van der Waals surface area (Å²) in [4.78, 5) is 65.2. The third kappa shape index (κ3) is 9.27. The summed E-state index contributed by atoms with van der Waals surface area (Å²) in [5.74, 6) is -9.52. The van der Waals surface area contributed by atoms with Crippen molar-refractivity contribution in [2.45, 2.75) is 133 Å². The van der Waals surface area contributed by atoms with Gasteiger partial charge in [-0.2, -0.15) is 8.78 Å². The molecule has 0 radical (unpaired) electrons. The number of ether oxygens (including phenoxy) is 3. The number of rotatable bonds is 6. The minimum atomic E-state index is -4.32. The molecule has 4 aliphatic rings. The Balaban J connectivity index is 1.39. The van der Waals surface area contributed by atoms with Gasteiger partial charge in [0.2, 0.25) is 34.1 Å². The zero-order valence-corrected chi connectivity index (χ0v) is 34.4. The molecule has 324 valence electrons. The monoisotopic (exact) mass is 854 g/mol. The van der Waals surface area contributed by atoms with Crippen LogP contribution in [0.2, 0.25) is 0 Å². The highest BCUT2D eigenvalue weighted by molar-refractivity contribution is 7.91. The van der Waals surface area contributed by atoms with E-state index in [9.17, 15) is 36.4 Å².